The van der Waals surface area contributed by atoms with Crippen LogP contribution < -0.4 is 5.32 Å². The van der Waals surface area contributed by atoms with Gasteiger partial charge in [0.1, 0.15) is 17.2 Å². The first-order valence-corrected chi connectivity index (χ1v) is 4.49. The Morgan fingerprint density at radius 1 is 1.25 bits per heavy atom. The molecule has 2 aromatic rings. The number of carbonyl (C=O) groups is 1. The maximum absolute atomic E-state index is 10.9. The highest BCUT2D eigenvalue weighted by molar-refractivity contribution is 5.93. The maximum Gasteiger partial charge on any atom is 0.339 e. The van der Waals surface area contributed by atoms with E-state index in [-0.39, 0.29) is 11.4 Å². The van der Waals surface area contributed by atoms with Crippen LogP contribution in [-0.4, -0.2) is 26.0 Å². The molecule has 0 bridgehead atoms. The largest absolute Gasteiger partial charge is 0.478 e. The molecule has 0 aliphatic heterocycles. The minimum absolute atomic E-state index is 0.0909. The lowest BCUT2D eigenvalue weighted by Gasteiger charge is -2.06. The van der Waals surface area contributed by atoms with Gasteiger partial charge in [-0.1, -0.05) is 0 Å². The molecular formula is C10H8N4O2. The summed E-state index contributed by atoms with van der Waals surface area (Å²) in [6.07, 6.45) is 6.03. The summed E-state index contributed by atoms with van der Waals surface area (Å²) in [7, 11) is 0. The first-order valence-electron chi connectivity index (χ1n) is 4.49. The van der Waals surface area contributed by atoms with Crippen LogP contribution in [0, 0.1) is 0 Å². The Morgan fingerprint density at radius 3 is 2.81 bits per heavy atom. The summed E-state index contributed by atoms with van der Waals surface area (Å²) in [5, 5.41) is 11.7. The second-order valence-corrected chi connectivity index (χ2v) is 2.92. The summed E-state index contributed by atoms with van der Waals surface area (Å²) in [6, 6.07) is 3.03. The molecule has 0 amide bonds. The van der Waals surface area contributed by atoms with Crippen LogP contribution in [0.5, 0.6) is 0 Å². The summed E-state index contributed by atoms with van der Waals surface area (Å²) in [5.41, 5.74) is 0.0909. The lowest BCUT2D eigenvalue weighted by Crippen LogP contribution is -2.05. The lowest BCUT2D eigenvalue weighted by molar-refractivity contribution is 0.0697. The molecule has 0 aromatic carbocycles. The van der Waals surface area contributed by atoms with Gasteiger partial charge in [-0.15, -0.1) is 0 Å². The molecular weight excluding hydrogens is 208 g/mol. The molecule has 2 N–H and O–H groups in total. The first-order chi connectivity index (χ1) is 7.77. The van der Waals surface area contributed by atoms with Crippen molar-refractivity contribution in [1.82, 2.24) is 15.0 Å². The standard InChI is InChI=1S/C10H8N4O2/c15-10(16)7-2-1-3-13-9(7)14-8-6-11-4-5-12-8/h1-6H,(H,15,16)(H,12,13,14). The van der Waals surface area contributed by atoms with Gasteiger partial charge in [-0.05, 0) is 12.1 Å². The molecule has 0 aliphatic rings. The molecule has 6 heteroatoms. The van der Waals surface area contributed by atoms with Crippen LogP contribution in [0.25, 0.3) is 0 Å². The first kappa shape index (κ1) is 10.0. The second-order valence-electron chi connectivity index (χ2n) is 2.92. The SMILES string of the molecule is O=C(O)c1cccnc1Nc1cnccn1. The predicted octanol–water partition coefficient (Wildman–Crippen LogP) is 1.31. The molecule has 0 spiro atoms. The van der Waals surface area contributed by atoms with Gasteiger partial charge in [0.05, 0.1) is 6.20 Å². The van der Waals surface area contributed by atoms with E-state index in [2.05, 4.69) is 20.3 Å². The van der Waals surface area contributed by atoms with Crippen LogP contribution in [-0.2, 0) is 0 Å². The molecule has 0 saturated carbocycles. The van der Waals surface area contributed by atoms with Crippen molar-refractivity contribution in [2.45, 2.75) is 0 Å². The maximum atomic E-state index is 10.9. The van der Waals surface area contributed by atoms with Gasteiger partial charge in [-0.2, -0.15) is 0 Å². The fraction of sp³-hybridized carbons (Fsp3) is 0. The van der Waals surface area contributed by atoms with Gasteiger partial charge in [0.15, 0.2) is 0 Å². The summed E-state index contributed by atoms with van der Waals surface area (Å²) < 4.78 is 0. The molecule has 0 fully saturated rings. The van der Waals surface area contributed by atoms with Gasteiger partial charge >= 0.3 is 5.97 Å². The average Bonchev–Trinajstić information content (AvgIpc) is 2.31. The quantitative estimate of drug-likeness (QED) is 0.804. The molecule has 0 atom stereocenters. The van der Waals surface area contributed by atoms with Crippen molar-refractivity contribution >= 4 is 17.6 Å². The van der Waals surface area contributed by atoms with Crippen molar-refractivity contribution in [3.63, 3.8) is 0 Å². The van der Waals surface area contributed by atoms with Crippen molar-refractivity contribution in [3.05, 3.63) is 42.5 Å². The molecule has 0 aliphatic carbocycles. The lowest BCUT2D eigenvalue weighted by atomic mass is 10.2. The molecule has 2 rings (SSSR count). The Bertz CT molecular complexity index is 501. The van der Waals surface area contributed by atoms with Crippen LogP contribution in [0.1, 0.15) is 10.4 Å². The molecule has 0 saturated heterocycles. The third kappa shape index (κ3) is 2.11. The van der Waals surface area contributed by atoms with E-state index in [9.17, 15) is 4.79 Å². The Kier molecular flexibility index (Phi) is 2.73. The van der Waals surface area contributed by atoms with Crippen molar-refractivity contribution < 1.29 is 9.90 Å². The molecule has 6 nitrogen and oxygen atoms in total. The van der Waals surface area contributed by atoms with Crippen LogP contribution in [0.15, 0.2) is 36.9 Å². The summed E-state index contributed by atoms with van der Waals surface area (Å²) in [4.78, 5) is 22.7. The fourth-order valence-corrected chi connectivity index (χ4v) is 1.16. The number of hydrogen-bond acceptors (Lipinski definition) is 5. The highest BCUT2D eigenvalue weighted by atomic mass is 16.4. The molecule has 0 radical (unpaired) electrons. The average molecular weight is 216 g/mol. The van der Waals surface area contributed by atoms with E-state index in [4.69, 9.17) is 5.11 Å². The van der Waals surface area contributed by atoms with E-state index in [0.717, 1.165) is 0 Å². The third-order valence-electron chi connectivity index (χ3n) is 1.85. The van der Waals surface area contributed by atoms with Gasteiger partial charge in [0.25, 0.3) is 0 Å². The Morgan fingerprint density at radius 2 is 2.12 bits per heavy atom. The van der Waals surface area contributed by atoms with Crippen LogP contribution in [0.3, 0.4) is 0 Å². The normalized spacial score (nSPS) is 9.75. The number of aromatic carboxylic acids is 1. The molecule has 0 unspecified atom stereocenters. The molecule has 80 valence electrons. The number of nitrogens with zero attached hydrogens (tertiary/aromatic N) is 3. The fourth-order valence-electron chi connectivity index (χ4n) is 1.16. The zero-order chi connectivity index (χ0) is 11.4. The zero-order valence-corrected chi connectivity index (χ0v) is 8.16. The number of carboxylic acid groups (broad SMARTS) is 1. The second kappa shape index (κ2) is 4.35. The van der Waals surface area contributed by atoms with E-state index in [1.807, 2.05) is 0 Å². The number of carboxylic acids is 1. The van der Waals surface area contributed by atoms with Crippen molar-refractivity contribution in [3.8, 4) is 0 Å². The van der Waals surface area contributed by atoms with Gasteiger partial charge < -0.3 is 10.4 Å². The van der Waals surface area contributed by atoms with E-state index >= 15 is 0 Å². The number of anilines is 2. The van der Waals surface area contributed by atoms with Gasteiger partial charge in [0.2, 0.25) is 0 Å². The predicted molar refractivity (Wildman–Crippen MR) is 56.5 cm³/mol. The zero-order valence-electron chi connectivity index (χ0n) is 8.16. The number of pyridine rings is 1. The Balaban J connectivity index is 2.31. The highest BCUT2D eigenvalue weighted by Crippen LogP contribution is 2.15. The molecule has 2 aromatic heterocycles. The minimum Gasteiger partial charge on any atom is -0.478 e. The monoisotopic (exact) mass is 216 g/mol. The molecule has 2 heterocycles. The van der Waals surface area contributed by atoms with E-state index in [1.165, 1.54) is 30.9 Å². The summed E-state index contributed by atoms with van der Waals surface area (Å²) in [5.74, 6) is -0.348. The van der Waals surface area contributed by atoms with Crippen molar-refractivity contribution in [1.29, 1.82) is 0 Å². The van der Waals surface area contributed by atoms with Crippen molar-refractivity contribution in [2.24, 2.45) is 0 Å². The van der Waals surface area contributed by atoms with Crippen LogP contribution in [0.2, 0.25) is 0 Å². The summed E-state index contributed by atoms with van der Waals surface area (Å²) >= 11 is 0. The highest BCUT2D eigenvalue weighted by Gasteiger charge is 2.10. The topological polar surface area (TPSA) is 88.0 Å². The van der Waals surface area contributed by atoms with E-state index in [1.54, 1.807) is 6.07 Å². The van der Waals surface area contributed by atoms with Crippen LogP contribution in [0.4, 0.5) is 11.6 Å². The number of hydrogen-bond donors (Lipinski definition) is 2. The smallest absolute Gasteiger partial charge is 0.339 e. The van der Waals surface area contributed by atoms with Gasteiger partial charge in [0, 0.05) is 18.6 Å². The van der Waals surface area contributed by atoms with Crippen molar-refractivity contribution in [2.75, 3.05) is 5.32 Å². The number of nitrogens with one attached hydrogen (secondary N) is 1. The van der Waals surface area contributed by atoms with E-state index < -0.39 is 5.97 Å². The Labute approximate surface area is 91.0 Å². The van der Waals surface area contributed by atoms with E-state index in [0.29, 0.717) is 5.82 Å². The minimum atomic E-state index is -1.04. The number of rotatable bonds is 3. The van der Waals surface area contributed by atoms with Gasteiger partial charge in [-0.3, -0.25) is 4.98 Å². The Hall–Kier alpha value is -2.50. The third-order valence-corrected chi connectivity index (χ3v) is 1.85. The molecule has 16 heavy (non-hydrogen) atoms. The van der Waals surface area contributed by atoms with Crippen LogP contribution >= 0.6 is 0 Å². The van der Waals surface area contributed by atoms with Gasteiger partial charge in [-0.25, -0.2) is 14.8 Å². The number of aromatic nitrogens is 3. The summed E-state index contributed by atoms with van der Waals surface area (Å²) in [6.45, 7) is 0.